The summed E-state index contributed by atoms with van der Waals surface area (Å²) < 4.78 is 13.4. The fourth-order valence-electron chi connectivity index (χ4n) is 2.92. The van der Waals surface area contributed by atoms with Gasteiger partial charge in [0, 0.05) is 6.54 Å². The van der Waals surface area contributed by atoms with Crippen molar-refractivity contribution in [2.45, 2.75) is 25.8 Å². The maximum atomic E-state index is 13.4. The average molecular weight is 255 g/mol. The summed E-state index contributed by atoms with van der Waals surface area (Å²) in [4.78, 5) is 0. The van der Waals surface area contributed by atoms with E-state index >= 15 is 0 Å². The molecular weight excluding hydrogens is 237 g/mol. The van der Waals surface area contributed by atoms with E-state index in [0.29, 0.717) is 6.54 Å². The Kier molecular flexibility index (Phi) is 3.34. The van der Waals surface area contributed by atoms with Crippen molar-refractivity contribution < 1.29 is 4.39 Å². The van der Waals surface area contributed by atoms with E-state index in [4.69, 9.17) is 0 Å². The number of hydrogen-bond acceptors (Lipinski definition) is 1. The molecule has 0 unspecified atom stereocenters. The Morgan fingerprint density at radius 3 is 2.74 bits per heavy atom. The molecule has 0 saturated carbocycles. The third-order valence-electron chi connectivity index (χ3n) is 3.84. The molecule has 98 valence electrons. The van der Waals surface area contributed by atoms with Crippen LogP contribution in [0.2, 0.25) is 0 Å². The first-order chi connectivity index (χ1) is 9.28. The van der Waals surface area contributed by atoms with Crippen molar-refractivity contribution in [3.63, 3.8) is 0 Å². The molecule has 0 aliphatic heterocycles. The molecule has 0 amide bonds. The van der Waals surface area contributed by atoms with E-state index in [1.165, 1.54) is 36.0 Å². The van der Waals surface area contributed by atoms with Gasteiger partial charge in [-0.25, -0.2) is 4.39 Å². The molecule has 2 aromatic carbocycles. The van der Waals surface area contributed by atoms with Crippen LogP contribution in [-0.4, -0.2) is 7.05 Å². The van der Waals surface area contributed by atoms with Crippen molar-refractivity contribution in [1.29, 1.82) is 0 Å². The maximum Gasteiger partial charge on any atom is 0.123 e. The van der Waals surface area contributed by atoms with Crippen LogP contribution in [-0.2, 0) is 19.4 Å². The first-order valence-corrected chi connectivity index (χ1v) is 6.83. The zero-order valence-electron chi connectivity index (χ0n) is 11.2. The summed E-state index contributed by atoms with van der Waals surface area (Å²) >= 11 is 0. The minimum absolute atomic E-state index is 0.171. The summed E-state index contributed by atoms with van der Waals surface area (Å²) in [6.07, 6.45) is 3.62. The Bertz CT molecular complexity index is 604. The van der Waals surface area contributed by atoms with Gasteiger partial charge >= 0.3 is 0 Å². The summed E-state index contributed by atoms with van der Waals surface area (Å²) in [7, 11) is 1.89. The molecule has 19 heavy (non-hydrogen) atoms. The van der Waals surface area contributed by atoms with Crippen molar-refractivity contribution in [2.75, 3.05) is 7.05 Å². The lowest BCUT2D eigenvalue weighted by molar-refractivity contribution is 0.624. The largest absolute Gasteiger partial charge is 0.316 e. The molecule has 2 heteroatoms. The number of halogens is 1. The number of hydrogen-bond donors (Lipinski definition) is 1. The summed E-state index contributed by atoms with van der Waals surface area (Å²) in [5, 5.41) is 3.11. The van der Waals surface area contributed by atoms with Gasteiger partial charge in [0.2, 0.25) is 0 Å². The Hall–Kier alpha value is -1.67. The zero-order valence-corrected chi connectivity index (χ0v) is 11.2. The van der Waals surface area contributed by atoms with Gasteiger partial charge in [0.1, 0.15) is 5.82 Å². The lowest BCUT2D eigenvalue weighted by Gasteiger charge is -2.11. The topological polar surface area (TPSA) is 12.0 Å². The van der Waals surface area contributed by atoms with Gasteiger partial charge < -0.3 is 5.32 Å². The van der Waals surface area contributed by atoms with Crippen LogP contribution in [0.3, 0.4) is 0 Å². The average Bonchev–Trinajstić information content (AvgIpc) is 2.86. The first kappa shape index (κ1) is 12.4. The number of fused-ring (bicyclic) bond motifs is 1. The minimum atomic E-state index is -0.171. The van der Waals surface area contributed by atoms with Crippen LogP contribution in [0.1, 0.15) is 23.1 Å². The molecule has 3 rings (SSSR count). The zero-order chi connectivity index (χ0) is 13.2. The van der Waals surface area contributed by atoms with E-state index in [-0.39, 0.29) is 5.82 Å². The third-order valence-corrected chi connectivity index (χ3v) is 3.84. The predicted octanol–water partition coefficient (Wildman–Crippen LogP) is 3.70. The number of benzene rings is 2. The van der Waals surface area contributed by atoms with Gasteiger partial charge in [-0.3, -0.25) is 0 Å². The van der Waals surface area contributed by atoms with Gasteiger partial charge in [0.15, 0.2) is 0 Å². The number of nitrogens with one attached hydrogen (secondary N) is 1. The summed E-state index contributed by atoms with van der Waals surface area (Å²) in [6.45, 7) is 0.685. The van der Waals surface area contributed by atoms with Gasteiger partial charge in [-0.05, 0) is 66.3 Å². The lowest BCUT2D eigenvalue weighted by atomic mass is 9.96. The van der Waals surface area contributed by atoms with Crippen LogP contribution in [0.4, 0.5) is 4.39 Å². The second-order valence-corrected chi connectivity index (χ2v) is 5.17. The monoisotopic (exact) mass is 255 g/mol. The van der Waals surface area contributed by atoms with Crippen LogP contribution >= 0.6 is 0 Å². The highest BCUT2D eigenvalue weighted by Crippen LogP contribution is 2.30. The molecule has 1 N–H and O–H groups in total. The molecule has 1 aliphatic rings. The summed E-state index contributed by atoms with van der Waals surface area (Å²) in [5.74, 6) is -0.171. The fraction of sp³-hybridized carbons (Fsp3) is 0.294. The van der Waals surface area contributed by atoms with E-state index in [0.717, 1.165) is 11.1 Å². The second kappa shape index (κ2) is 5.14. The SMILES string of the molecule is CNCc1cc(F)ccc1-c1ccc2c(c1)CCC2. The Morgan fingerprint density at radius 2 is 1.89 bits per heavy atom. The van der Waals surface area contributed by atoms with E-state index < -0.39 is 0 Å². The Balaban J connectivity index is 2.06. The van der Waals surface area contributed by atoms with E-state index in [9.17, 15) is 4.39 Å². The van der Waals surface area contributed by atoms with Crippen LogP contribution < -0.4 is 5.32 Å². The normalized spacial score (nSPS) is 13.6. The molecule has 0 bridgehead atoms. The van der Waals surface area contributed by atoms with Crippen molar-refractivity contribution in [2.24, 2.45) is 0 Å². The summed E-state index contributed by atoms with van der Waals surface area (Å²) in [5.41, 5.74) is 6.27. The standard InChI is InChI=1S/C17H18FN/c1-19-11-15-10-16(18)7-8-17(15)14-6-5-12-3-2-4-13(12)9-14/h5-10,19H,2-4,11H2,1H3. The molecule has 0 heterocycles. The molecule has 0 saturated heterocycles. The first-order valence-electron chi connectivity index (χ1n) is 6.83. The third kappa shape index (κ3) is 2.41. The van der Waals surface area contributed by atoms with Crippen LogP contribution in [0.15, 0.2) is 36.4 Å². The van der Waals surface area contributed by atoms with Gasteiger partial charge in [-0.15, -0.1) is 0 Å². The quantitative estimate of drug-likeness (QED) is 0.881. The van der Waals surface area contributed by atoms with Crippen molar-refractivity contribution in [3.8, 4) is 11.1 Å². The van der Waals surface area contributed by atoms with Gasteiger partial charge in [0.25, 0.3) is 0 Å². The summed E-state index contributed by atoms with van der Waals surface area (Å²) in [6, 6.07) is 11.7. The Labute approximate surface area is 113 Å². The molecule has 0 atom stereocenters. The Morgan fingerprint density at radius 1 is 1.05 bits per heavy atom. The van der Waals surface area contributed by atoms with Gasteiger partial charge in [-0.1, -0.05) is 24.3 Å². The molecule has 2 aromatic rings. The molecule has 0 spiro atoms. The minimum Gasteiger partial charge on any atom is -0.316 e. The van der Waals surface area contributed by atoms with Crippen LogP contribution in [0, 0.1) is 5.82 Å². The highest BCUT2D eigenvalue weighted by molar-refractivity contribution is 5.69. The molecule has 0 fully saturated rings. The maximum absolute atomic E-state index is 13.4. The highest BCUT2D eigenvalue weighted by Gasteiger charge is 2.13. The van der Waals surface area contributed by atoms with Gasteiger partial charge in [-0.2, -0.15) is 0 Å². The molecular formula is C17H18FN. The van der Waals surface area contributed by atoms with Crippen LogP contribution in [0.25, 0.3) is 11.1 Å². The molecule has 1 nitrogen and oxygen atoms in total. The smallest absolute Gasteiger partial charge is 0.123 e. The molecule has 1 aliphatic carbocycles. The van der Waals surface area contributed by atoms with Crippen molar-refractivity contribution in [1.82, 2.24) is 5.32 Å². The lowest BCUT2D eigenvalue weighted by Crippen LogP contribution is -2.06. The van der Waals surface area contributed by atoms with E-state index in [1.807, 2.05) is 13.1 Å². The highest BCUT2D eigenvalue weighted by atomic mass is 19.1. The van der Waals surface area contributed by atoms with Crippen LogP contribution in [0.5, 0.6) is 0 Å². The predicted molar refractivity (Wildman–Crippen MR) is 76.6 cm³/mol. The van der Waals surface area contributed by atoms with E-state index in [1.54, 1.807) is 12.1 Å². The molecule has 0 aromatic heterocycles. The van der Waals surface area contributed by atoms with Gasteiger partial charge in [0.05, 0.1) is 0 Å². The second-order valence-electron chi connectivity index (χ2n) is 5.17. The fourth-order valence-corrected chi connectivity index (χ4v) is 2.92. The van der Waals surface area contributed by atoms with Crippen molar-refractivity contribution >= 4 is 0 Å². The molecule has 0 radical (unpaired) electrons. The number of rotatable bonds is 3. The van der Waals surface area contributed by atoms with Crippen molar-refractivity contribution in [3.05, 3.63) is 58.9 Å². The van der Waals surface area contributed by atoms with E-state index in [2.05, 4.69) is 23.5 Å². The number of aryl methyl sites for hydroxylation is 2.